The van der Waals surface area contributed by atoms with Crippen LogP contribution in [0.2, 0.25) is 0 Å². The topological polar surface area (TPSA) is 155 Å². The van der Waals surface area contributed by atoms with Crippen molar-refractivity contribution in [3.63, 3.8) is 0 Å². The van der Waals surface area contributed by atoms with Crippen LogP contribution in [0.15, 0.2) is 0 Å². The van der Waals surface area contributed by atoms with Crippen LogP contribution in [0.4, 0.5) is 4.79 Å². The van der Waals surface area contributed by atoms with Crippen molar-refractivity contribution in [2.45, 2.75) is 83.4 Å². The van der Waals surface area contributed by atoms with Crippen LogP contribution in [-0.2, 0) is 19.0 Å². The molecule has 10 heteroatoms. The largest absolute Gasteiger partial charge is 0.461 e. The summed E-state index contributed by atoms with van der Waals surface area (Å²) in [5.74, 6) is -0.715. The third kappa shape index (κ3) is 7.59. The zero-order chi connectivity index (χ0) is 20.9. The summed E-state index contributed by atoms with van der Waals surface area (Å²) >= 11 is 0. The monoisotopic (exact) mass is 393 g/mol. The zero-order valence-corrected chi connectivity index (χ0v) is 16.3. The van der Waals surface area contributed by atoms with Gasteiger partial charge in [-0.15, -0.1) is 0 Å². The molecule has 1 fully saturated rings. The second kappa shape index (κ2) is 9.65. The molecule has 1 amide bonds. The summed E-state index contributed by atoms with van der Waals surface area (Å²) in [7, 11) is 0. The number of aliphatic hydroxyl groups excluding tert-OH is 4. The second-order valence-electron chi connectivity index (χ2n) is 8.00. The maximum Gasteiger partial charge on any atom is 0.408 e. The van der Waals surface area contributed by atoms with Crippen molar-refractivity contribution in [1.82, 2.24) is 5.32 Å². The Bertz CT molecular complexity index is 505. The minimum atomic E-state index is -1.72. The molecule has 5 N–H and O–H groups in total. The highest BCUT2D eigenvalue weighted by Gasteiger charge is 2.43. The number of nitrogens with one attached hydrogen (secondary N) is 1. The molecule has 0 saturated carbocycles. The summed E-state index contributed by atoms with van der Waals surface area (Å²) in [5, 5.41) is 40.9. The Morgan fingerprint density at radius 2 is 1.67 bits per heavy atom. The van der Waals surface area contributed by atoms with Gasteiger partial charge in [-0.3, -0.25) is 0 Å². The molecule has 1 aliphatic heterocycles. The van der Waals surface area contributed by atoms with Crippen LogP contribution in [0.5, 0.6) is 0 Å². The molecule has 1 heterocycles. The molecule has 1 aliphatic rings. The molecule has 1 saturated heterocycles. The first-order valence-corrected chi connectivity index (χ1v) is 8.85. The number of alkyl carbamates (subject to hydrolysis) is 1. The van der Waals surface area contributed by atoms with E-state index in [1.54, 1.807) is 20.8 Å². The Morgan fingerprint density at radius 1 is 1.07 bits per heavy atom. The van der Waals surface area contributed by atoms with Crippen LogP contribution >= 0.6 is 0 Å². The van der Waals surface area contributed by atoms with E-state index in [-0.39, 0.29) is 12.3 Å². The molecule has 0 spiro atoms. The minimum Gasteiger partial charge on any atom is -0.461 e. The van der Waals surface area contributed by atoms with Crippen molar-refractivity contribution in [3.8, 4) is 0 Å². The lowest BCUT2D eigenvalue weighted by Gasteiger charge is -2.38. The second-order valence-corrected chi connectivity index (χ2v) is 8.00. The summed E-state index contributed by atoms with van der Waals surface area (Å²) in [5.41, 5.74) is -0.733. The van der Waals surface area contributed by atoms with E-state index in [2.05, 4.69) is 5.32 Å². The fourth-order valence-corrected chi connectivity index (χ4v) is 2.47. The predicted octanol–water partition coefficient (Wildman–Crippen LogP) is -0.731. The Hall–Kier alpha value is -1.46. The van der Waals surface area contributed by atoms with Crippen molar-refractivity contribution < 1.29 is 44.2 Å². The van der Waals surface area contributed by atoms with Gasteiger partial charge in [0.1, 0.15) is 42.7 Å². The first-order chi connectivity index (χ1) is 12.3. The molecule has 6 atom stereocenters. The van der Waals surface area contributed by atoms with Gasteiger partial charge in [0.25, 0.3) is 0 Å². The highest BCUT2D eigenvalue weighted by Crippen LogP contribution is 2.20. The van der Waals surface area contributed by atoms with E-state index in [0.29, 0.717) is 0 Å². The zero-order valence-electron chi connectivity index (χ0n) is 16.3. The molecule has 0 unspecified atom stereocenters. The average molecular weight is 393 g/mol. The SMILES string of the molecule is CC(C)C[C@@H](NC(=O)OC(C)(C)C)C(=O)OC[C@H]1O[C@H](O)[C@H](O)[C@H](O)[C@@H]1O. The van der Waals surface area contributed by atoms with Gasteiger partial charge in [-0.1, -0.05) is 13.8 Å². The molecule has 0 aromatic heterocycles. The number of amides is 1. The first-order valence-electron chi connectivity index (χ1n) is 8.85. The maximum atomic E-state index is 12.4. The smallest absolute Gasteiger partial charge is 0.408 e. The van der Waals surface area contributed by atoms with Gasteiger partial charge in [-0.25, -0.2) is 9.59 Å². The van der Waals surface area contributed by atoms with Crippen LogP contribution in [0.3, 0.4) is 0 Å². The van der Waals surface area contributed by atoms with E-state index in [1.807, 2.05) is 13.8 Å². The van der Waals surface area contributed by atoms with Crippen molar-refractivity contribution >= 4 is 12.1 Å². The average Bonchev–Trinajstić information content (AvgIpc) is 2.51. The number of hydrogen-bond donors (Lipinski definition) is 5. The lowest BCUT2D eigenvalue weighted by molar-refractivity contribution is -0.287. The van der Waals surface area contributed by atoms with E-state index in [4.69, 9.17) is 14.2 Å². The van der Waals surface area contributed by atoms with Crippen LogP contribution in [0.25, 0.3) is 0 Å². The van der Waals surface area contributed by atoms with Crippen molar-refractivity contribution in [3.05, 3.63) is 0 Å². The van der Waals surface area contributed by atoms with Gasteiger partial charge in [-0.2, -0.15) is 0 Å². The minimum absolute atomic E-state index is 0.0628. The molecule has 0 aromatic rings. The number of esters is 1. The highest BCUT2D eigenvalue weighted by molar-refractivity contribution is 5.81. The van der Waals surface area contributed by atoms with Gasteiger partial charge in [0.2, 0.25) is 0 Å². The fourth-order valence-electron chi connectivity index (χ4n) is 2.47. The number of ether oxygens (including phenoxy) is 3. The highest BCUT2D eigenvalue weighted by atomic mass is 16.7. The summed E-state index contributed by atoms with van der Waals surface area (Å²) in [4.78, 5) is 24.3. The number of rotatable bonds is 6. The molecule has 10 nitrogen and oxygen atoms in total. The number of hydrogen-bond acceptors (Lipinski definition) is 9. The standard InChI is InChI=1S/C17H31NO9/c1-8(2)6-9(18-16(24)27-17(3,4)5)14(22)25-7-10-11(19)12(20)13(21)15(23)26-10/h8-13,15,19-21,23H,6-7H2,1-5H3,(H,18,24)/t9-,10-,11-,12-,13-,15+/m1/s1. The predicted molar refractivity (Wildman–Crippen MR) is 92.5 cm³/mol. The molecule has 0 aliphatic carbocycles. The van der Waals surface area contributed by atoms with Gasteiger partial charge in [0, 0.05) is 0 Å². The molecule has 158 valence electrons. The van der Waals surface area contributed by atoms with Crippen LogP contribution < -0.4 is 5.32 Å². The Labute approximate surface area is 158 Å². The molecular formula is C17H31NO9. The fraction of sp³-hybridized carbons (Fsp3) is 0.882. The normalized spacial score (nSPS) is 29.9. The van der Waals surface area contributed by atoms with Gasteiger partial charge in [0.05, 0.1) is 0 Å². The summed E-state index contributed by atoms with van der Waals surface area (Å²) in [6.45, 7) is 8.31. The number of carbonyl (C=O) groups is 2. The van der Waals surface area contributed by atoms with Gasteiger partial charge in [-0.05, 0) is 33.1 Å². The van der Waals surface area contributed by atoms with Crippen LogP contribution in [0.1, 0.15) is 41.0 Å². The van der Waals surface area contributed by atoms with Gasteiger partial charge >= 0.3 is 12.1 Å². The Morgan fingerprint density at radius 3 is 2.19 bits per heavy atom. The summed E-state index contributed by atoms with van der Waals surface area (Å²) < 4.78 is 15.2. The molecule has 0 aromatic carbocycles. The maximum absolute atomic E-state index is 12.4. The molecule has 0 radical (unpaired) electrons. The Balaban J connectivity index is 2.67. The summed E-state index contributed by atoms with van der Waals surface area (Å²) in [6, 6.07) is -0.985. The van der Waals surface area contributed by atoms with E-state index in [1.165, 1.54) is 0 Å². The van der Waals surface area contributed by atoms with Crippen LogP contribution in [0, 0.1) is 5.92 Å². The Kier molecular flexibility index (Phi) is 8.43. The van der Waals surface area contributed by atoms with Crippen molar-refractivity contribution in [1.29, 1.82) is 0 Å². The molecule has 0 bridgehead atoms. The lowest BCUT2D eigenvalue weighted by Crippen LogP contribution is -2.59. The number of aliphatic hydroxyl groups is 4. The molecular weight excluding hydrogens is 362 g/mol. The lowest BCUT2D eigenvalue weighted by atomic mass is 9.99. The van der Waals surface area contributed by atoms with E-state index < -0.39 is 61.0 Å². The molecule has 27 heavy (non-hydrogen) atoms. The van der Waals surface area contributed by atoms with Gasteiger partial charge < -0.3 is 40.0 Å². The quantitative estimate of drug-likeness (QED) is 0.367. The molecule has 1 rings (SSSR count). The van der Waals surface area contributed by atoms with Crippen molar-refractivity contribution in [2.75, 3.05) is 6.61 Å². The van der Waals surface area contributed by atoms with Crippen molar-refractivity contribution in [2.24, 2.45) is 5.92 Å². The first kappa shape index (κ1) is 23.6. The number of carbonyl (C=O) groups excluding carboxylic acids is 2. The summed E-state index contributed by atoms with van der Waals surface area (Å²) in [6.07, 6.45) is -8.32. The third-order valence-electron chi connectivity index (χ3n) is 3.76. The van der Waals surface area contributed by atoms with Gasteiger partial charge in [0.15, 0.2) is 6.29 Å². The van der Waals surface area contributed by atoms with Crippen LogP contribution in [-0.4, -0.2) is 81.4 Å². The van der Waals surface area contributed by atoms with E-state index in [9.17, 15) is 30.0 Å². The van der Waals surface area contributed by atoms with E-state index >= 15 is 0 Å². The van der Waals surface area contributed by atoms with E-state index in [0.717, 1.165) is 0 Å². The third-order valence-corrected chi connectivity index (χ3v) is 3.76.